The van der Waals surface area contributed by atoms with Crippen molar-refractivity contribution < 1.29 is 9.47 Å². The number of anilines is 2. The quantitative estimate of drug-likeness (QED) is 0.271. The van der Waals surface area contributed by atoms with Crippen LogP contribution >= 0.6 is 23.2 Å². The number of fused-ring (bicyclic) bond motifs is 2. The van der Waals surface area contributed by atoms with E-state index in [4.69, 9.17) is 42.6 Å². The first-order chi connectivity index (χ1) is 17.4. The molecule has 0 amide bonds. The highest BCUT2D eigenvalue weighted by Crippen LogP contribution is 2.34. The zero-order valence-corrected chi connectivity index (χ0v) is 22.4. The Labute approximate surface area is 221 Å². The molecule has 1 fully saturated rings. The second kappa shape index (κ2) is 10.2. The molecule has 6 nitrogen and oxygen atoms in total. The molecule has 2 atom stereocenters. The van der Waals surface area contributed by atoms with Gasteiger partial charge in [-0.25, -0.2) is 9.97 Å². The van der Waals surface area contributed by atoms with E-state index < -0.39 is 0 Å². The number of methoxy groups -OCH3 is 2. The minimum Gasteiger partial charge on any atom is -0.496 e. The van der Waals surface area contributed by atoms with E-state index in [1.165, 1.54) is 0 Å². The molecule has 1 aliphatic rings. The fourth-order valence-electron chi connectivity index (χ4n) is 5.08. The summed E-state index contributed by atoms with van der Waals surface area (Å²) < 4.78 is 10.9. The van der Waals surface area contributed by atoms with Crippen LogP contribution in [0.1, 0.15) is 36.8 Å². The number of nitrogens with zero attached hydrogens (tertiary/aromatic N) is 2. The molecular weight excluding hydrogens is 495 g/mol. The third kappa shape index (κ3) is 4.84. The molecule has 0 radical (unpaired) electrons. The maximum atomic E-state index is 6.65. The number of pyridine rings is 2. The summed E-state index contributed by atoms with van der Waals surface area (Å²) in [5.74, 6) is 3.12. The smallest absolute Gasteiger partial charge is 0.128 e. The van der Waals surface area contributed by atoms with Gasteiger partial charge in [-0.1, -0.05) is 36.0 Å². The van der Waals surface area contributed by atoms with Crippen LogP contribution in [0.25, 0.3) is 21.8 Å². The maximum Gasteiger partial charge on any atom is 0.128 e. The van der Waals surface area contributed by atoms with Crippen molar-refractivity contribution in [3.8, 4) is 11.5 Å². The molecule has 0 spiro atoms. The molecule has 2 heterocycles. The van der Waals surface area contributed by atoms with Gasteiger partial charge in [0.05, 0.1) is 35.3 Å². The molecule has 1 saturated carbocycles. The van der Waals surface area contributed by atoms with Gasteiger partial charge < -0.3 is 20.1 Å². The number of nitrogens with one attached hydrogen (secondary N) is 2. The summed E-state index contributed by atoms with van der Waals surface area (Å²) in [5.41, 5.74) is 3.70. The highest BCUT2D eigenvalue weighted by atomic mass is 35.5. The van der Waals surface area contributed by atoms with E-state index in [9.17, 15) is 0 Å². The third-order valence-corrected chi connectivity index (χ3v) is 7.61. The van der Waals surface area contributed by atoms with Crippen LogP contribution < -0.4 is 20.1 Å². The molecule has 5 rings (SSSR count). The van der Waals surface area contributed by atoms with Gasteiger partial charge in [-0.05, 0) is 68.1 Å². The SMILES string of the molecule is COc1cc2nc(N[C@@H]3CCCC[C@H]3Nc3cc(Cl)c4cc(OC)c(C)cc4n3)cc(Cl)c2cc1C. The van der Waals surface area contributed by atoms with Crippen LogP contribution in [0.5, 0.6) is 11.5 Å². The number of hydrogen-bond donors (Lipinski definition) is 2. The van der Waals surface area contributed by atoms with Gasteiger partial charge in [0, 0.05) is 28.9 Å². The van der Waals surface area contributed by atoms with Crippen molar-refractivity contribution in [2.45, 2.75) is 51.6 Å². The molecule has 2 N–H and O–H groups in total. The summed E-state index contributed by atoms with van der Waals surface area (Å²) >= 11 is 13.3. The van der Waals surface area contributed by atoms with E-state index in [1.54, 1.807) is 14.2 Å². The Morgan fingerprint density at radius 2 is 1.17 bits per heavy atom. The normalized spacial score (nSPS) is 17.8. The van der Waals surface area contributed by atoms with Crippen LogP contribution in [-0.4, -0.2) is 36.3 Å². The third-order valence-electron chi connectivity index (χ3n) is 6.98. The lowest BCUT2D eigenvalue weighted by Crippen LogP contribution is -2.42. The van der Waals surface area contributed by atoms with Crippen LogP contribution in [0.4, 0.5) is 11.6 Å². The van der Waals surface area contributed by atoms with Gasteiger partial charge in [-0.15, -0.1) is 0 Å². The maximum absolute atomic E-state index is 6.65. The highest BCUT2D eigenvalue weighted by molar-refractivity contribution is 6.36. The second-order valence-corrected chi connectivity index (χ2v) is 10.3. The molecule has 1 aliphatic carbocycles. The van der Waals surface area contributed by atoms with Crippen LogP contribution in [0.3, 0.4) is 0 Å². The van der Waals surface area contributed by atoms with E-state index in [2.05, 4.69) is 10.6 Å². The molecule has 188 valence electrons. The summed E-state index contributed by atoms with van der Waals surface area (Å²) in [4.78, 5) is 9.71. The molecule has 2 aromatic carbocycles. The van der Waals surface area contributed by atoms with Crippen molar-refractivity contribution in [3.05, 3.63) is 57.6 Å². The Balaban J connectivity index is 1.41. The largest absolute Gasteiger partial charge is 0.496 e. The van der Waals surface area contributed by atoms with Crippen molar-refractivity contribution in [2.24, 2.45) is 0 Å². The number of aromatic nitrogens is 2. The summed E-state index contributed by atoms with van der Waals surface area (Å²) in [5, 5.41) is 10.4. The van der Waals surface area contributed by atoms with E-state index >= 15 is 0 Å². The van der Waals surface area contributed by atoms with Gasteiger partial charge in [-0.3, -0.25) is 0 Å². The Bertz CT molecular complexity index is 1440. The number of rotatable bonds is 6. The lowest BCUT2D eigenvalue weighted by atomic mass is 9.90. The number of aryl methyl sites for hydroxylation is 2. The van der Waals surface area contributed by atoms with Crippen molar-refractivity contribution in [1.82, 2.24) is 9.97 Å². The summed E-state index contributed by atoms with van der Waals surface area (Å²) in [7, 11) is 3.33. The van der Waals surface area contributed by atoms with Crippen LogP contribution in [-0.2, 0) is 0 Å². The van der Waals surface area contributed by atoms with E-state index in [0.717, 1.165) is 81.8 Å². The molecular formula is C28H30Cl2N4O2. The van der Waals surface area contributed by atoms with Gasteiger partial charge >= 0.3 is 0 Å². The predicted octanol–water partition coefficient (Wildman–Crippen LogP) is 7.56. The summed E-state index contributed by atoms with van der Waals surface area (Å²) in [6.45, 7) is 4.01. The molecule has 2 aromatic heterocycles. The predicted molar refractivity (Wildman–Crippen MR) is 149 cm³/mol. The first-order valence-electron chi connectivity index (χ1n) is 12.2. The second-order valence-electron chi connectivity index (χ2n) is 9.44. The van der Waals surface area contributed by atoms with E-state index in [-0.39, 0.29) is 12.1 Å². The van der Waals surface area contributed by atoms with Crippen LogP contribution in [0.15, 0.2) is 36.4 Å². The highest BCUT2D eigenvalue weighted by Gasteiger charge is 2.26. The van der Waals surface area contributed by atoms with Crippen molar-refractivity contribution in [2.75, 3.05) is 24.9 Å². The Morgan fingerprint density at radius 1 is 0.694 bits per heavy atom. The van der Waals surface area contributed by atoms with Gasteiger partial charge in [-0.2, -0.15) is 0 Å². The number of ether oxygens (including phenoxy) is 2. The fourth-order valence-corrected chi connectivity index (χ4v) is 5.59. The fraction of sp³-hybridized carbons (Fsp3) is 0.357. The van der Waals surface area contributed by atoms with E-state index in [1.807, 2.05) is 50.2 Å². The van der Waals surface area contributed by atoms with Gasteiger partial charge in [0.2, 0.25) is 0 Å². The lowest BCUT2D eigenvalue weighted by molar-refractivity contribution is 0.412. The minimum absolute atomic E-state index is 0.168. The van der Waals surface area contributed by atoms with Crippen molar-refractivity contribution >= 4 is 56.6 Å². The zero-order valence-electron chi connectivity index (χ0n) is 20.9. The average molecular weight is 525 g/mol. The van der Waals surface area contributed by atoms with Gasteiger partial charge in [0.15, 0.2) is 0 Å². The Morgan fingerprint density at radius 3 is 1.72 bits per heavy atom. The average Bonchev–Trinajstić information content (AvgIpc) is 2.85. The molecule has 36 heavy (non-hydrogen) atoms. The topological polar surface area (TPSA) is 68.3 Å². The van der Waals surface area contributed by atoms with Gasteiger partial charge in [0.1, 0.15) is 23.1 Å². The molecule has 8 heteroatoms. The molecule has 0 unspecified atom stereocenters. The monoisotopic (exact) mass is 524 g/mol. The first kappa shape index (κ1) is 24.7. The number of hydrogen-bond acceptors (Lipinski definition) is 6. The molecule has 0 aliphatic heterocycles. The van der Waals surface area contributed by atoms with Crippen LogP contribution in [0.2, 0.25) is 10.0 Å². The van der Waals surface area contributed by atoms with Crippen molar-refractivity contribution in [1.29, 1.82) is 0 Å². The number of benzene rings is 2. The number of halogens is 2. The van der Waals surface area contributed by atoms with Crippen LogP contribution in [0, 0.1) is 13.8 Å². The summed E-state index contributed by atoms with van der Waals surface area (Å²) in [6, 6.07) is 12.1. The standard InChI is InChI=1S/C28H30Cl2N4O2/c1-15-9-17-19(29)12-28(34-24(17)14-26(15)36-4)32-22-8-6-5-7-21(22)31-27-13-20(30)18-11-25(35-3)16(2)10-23(18)33-27/h9-14,21-22H,5-8H2,1-4H3,(H,31,33)(H,32,34)/t21-,22-/m1/s1. The van der Waals surface area contributed by atoms with E-state index in [0.29, 0.717) is 10.0 Å². The Kier molecular flexibility index (Phi) is 7.00. The summed E-state index contributed by atoms with van der Waals surface area (Å²) in [6.07, 6.45) is 4.33. The molecule has 0 bridgehead atoms. The molecule has 0 saturated heterocycles. The Hall–Kier alpha value is -2.96. The zero-order chi connectivity index (χ0) is 25.4. The van der Waals surface area contributed by atoms with Crippen molar-refractivity contribution in [3.63, 3.8) is 0 Å². The molecule has 4 aromatic rings. The first-order valence-corrected chi connectivity index (χ1v) is 12.9. The van der Waals surface area contributed by atoms with Gasteiger partial charge in [0.25, 0.3) is 0 Å². The minimum atomic E-state index is 0.168. The lowest BCUT2D eigenvalue weighted by Gasteiger charge is -2.33.